The lowest BCUT2D eigenvalue weighted by atomic mass is 9.84. The summed E-state index contributed by atoms with van der Waals surface area (Å²) in [4.78, 5) is 20.3. The van der Waals surface area contributed by atoms with Crippen molar-refractivity contribution in [2.45, 2.75) is 26.2 Å². The zero-order valence-corrected chi connectivity index (χ0v) is 18.7. The van der Waals surface area contributed by atoms with Gasteiger partial charge in [-0.2, -0.15) is 0 Å². The van der Waals surface area contributed by atoms with E-state index in [1.807, 2.05) is 26.8 Å². The molecule has 152 valence electrons. The van der Waals surface area contributed by atoms with Gasteiger partial charge >= 0.3 is 0 Å². The van der Waals surface area contributed by atoms with E-state index in [1.165, 1.54) is 12.1 Å². The maximum Gasteiger partial charge on any atom is 0.246 e. The van der Waals surface area contributed by atoms with Crippen molar-refractivity contribution >= 4 is 41.5 Å². The highest BCUT2D eigenvalue weighted by Gasteiger charge is 2.21. The summed E-state index contributed by atoms with van der Waals surface area (Å²) in [6.07, 6.45) is 3.22. The Morgan fingerprint density at radius 1 is 1.21 bits per heavy atom. The van der Waals surface area contributed by atoms with Gasteiger partial charge in [0.2, 0.25) is 5.91 Å². The van der Waals surface area contributed by atoms with Crippen molar-refractivity contribution in [1.29, 1.82) is 0 Å². The number of carbonyl (C=O) groups is 1. The van der Waals surface area contributed by atoms with Crippen molar-refractivity contribution in [3.63, 3.8) is 0 Å². The van der Waals surface area contributed by atoms with Gasteiger partial charge < -0.3 is 16.0 Å². The second-order valence-corrected chi connectivity index (χ2v) is 6.73. The third-order valence-electron chi connectivity index (χ3n) is 3.97. The molecule has 0 aliphatic heterocycles. The molecule has 0 bridgehead atoms. The van der Waals surface area contributed by atoms with Crippen LogP contribution in [0.2, 0.25) is 0 Å². The summed E-state index contributed by atoms with van der Waals surface area (Å²) in [7, 11) is 0. The number of pyridine rings is 1. The predicted molar refractivity (Wildman–Crippen MR) is 122 cm³/mol. The third kappa shape index (κ3) is 7.79. The lowest BCUT2D eigenvalue weighted by Crippen LogP contribution is -2.43. The Morgan fingerprint density at radius 2 is 2.00 bits per heavy atom. The van der Waals surface area contributed by atoms with E-state index in [0.717, 1.165) is 5.56 Å². The summed E-state index contributed by atoms with van der Waals surface area (Å²) in [5.41, 5.74) is 1.21. The molecule has 0 saturated carbocycles. The van der Waals surface area contributed by atoms with Gasteiger partial charge in [0.1, 0.15) is 12.4 Å². The van der Waals surface area contributed by atoms with Crippen LogP contribution in [0.5, 0.6) is 0 Å². The molecule has 0 radical (unpaired) electrons. The maximum absolute atomic E-state index is 13.5. The van der Waals surface area contributed by atoms with Crippen molar-refractivity contribution < 1.29 is 9.18 Å². The molecule has 1 heterocycles. The van der Waals surface area contributed by atoms with Gasteiger partial charge in [0.05, 0.1) is 11.9 Å². The molecular formula is C20H27FIN5O. The van der Waals surface area contributed by atoms with Gasteiger partial charge in [0.15, 0.2) is 5.96 Å². The van der Waals surface area contributed by atoms with Crippen molar-refractivity contribution in [2.75, 3.05) is 25.0 Å². The quantitative estimate of drug-likeness (QED) is 0.311. The zero-order chi connectivity index (χ0) is 19.7. The van der Waals surface area contributed by atoms with Crippen LogP contribution in [0.3, 0.4) is 0 Å². The standard InChI is InChI=1S/C20H26FN5O.HI/c1-4-23-19(24-13-18(27)26-17-9-6-10-22-12-17)25-14-20(2,3)15-7-5-8-16(21)11-15;/h5-12H,4,13-14H2,1-3H3,(H,26,27)(H2,23,24,25);1H. The number of carbonyl (C=O) groups excluding carboxylic acids is 1. The first kappa shape index (κ1) is 23.8. The highest BCUT2D eigenvalue weighted by Crippen LogP contribution is 2.22. The fourth-order valence-electron chi connectivity index (χ4n) is 2.45. The van der Waals surface area contributed by atoms with E-state index in [9.17, 15) is 9.18 Å². The number of guanidine groups is 1. The lowest BCUT2D eigenvalue weighted by molar-refractivity contribution is -0.114. The summed E-state index contributed by atoms with van der Waals surface area (Å²) in [5.74, 6) is 0.0427. The summed E-state index contributed by atoms with van der Waals surface area (Å²) in [6, 6.07) is 10.1. The Balaban J connectivity index is 0.00000392. The number of halogens is 2. The first-order valence-corrected chi connectivity index (χ1v) is 8.89. The SMILES string of the molecule is CCNC(=NCC(=O)Nc1cccnc1)NCC(C)(C)c1cccc(F)c1.I. The summed E-state index contributed by atoms with van der Waals surface area (Å²) < 4.78 is 13.5. The van der Waals surface area contributed by atoms with Crippen LogP contribution in [0, 0.1) is 5.82 Å². The number of nitrogens with zero attached hydrogens (tertiary/aromatic N) is 2. The maximum atomic E-state index is 13.5. The first-order chi connectivity index (χ1) is 12.9. The number of hydrogen-bond donors (Lipinski definition) is 3. The zero-order valence-electron chi connectivity index (χ0n) is 16.3. The molecule has 0 aliphatic rings. The van der Waals surface area contributed by atoms with Gasteiger partial charge in [-0.25, -0.2) is 9.38 Å². The monoisotopic (exact) mass is 499 g/mol. The third-order valence-corrected chi connectivity index (χ3v) is 3.97. The molecule has 2 aromatic rings. The van der Waals surface area contributed by atoms with Gasteiger partial charge in [-0.15, -0.1) is 24.0 Å². The number of benzene rings is 1. The molecule has 3 N–H and O–H groups in total. The second kappa shape index (κ2) is 11.6. The van der Waals surface area contributed by atoms with Crippen molar-refractivity contribution in [1.82, 2.24) is 15.6 Å². The molecule has 0 spiro atoms. The molecule has 28 heavy (non-hydrogen) atoms. The van der Waals surface area contributed by atoms with E-state index in [-0.39, 0.29) is 47.7 Å². The van der Waals surface area contributed by atoms with Crippen LogP contribution in [0.1, 0.15) is 26.3 Å². The average Bonchev–Trinajstić information content (AvgIpc) is 2.65. The largest absolute Gasteiger partial charge is 0.357 e. The first-order valence-electron chi connectivity index (χ1n) is 8.89. The van der Waals surface area contributed by atoms with Crippen molar-refractivity contribution in [3.05, 3.63) is 60.2 Å². The van der Waals surface area contributed by atoms with Crippen LogP contribution in [0.15, 0.2) is 53.8 Å². The number of aliphatic imine (C=N–C) groups is 1. The molecule has 2 rings (SSSR count). The van der Waals surface area contributed by atoms with Crippen LogP contribution in [0.4, 0.5) is 10.1 Å². The molecule has 0 saturated heterocycles. The molecule has 0 fully saturated rings. The fraction of sp³-hybridized carbons (Fsp3) is 0.350. The Labute approximate surface area is 182 Å². The average molecular weight is 499 g/mol. The van der Waals surface area contributed by atoms with Crippen molar-refractivity contribution in [3.8, 4) is 0 Å². The van der Waals surface area contributed by atoms with Crippen LogP contribution < -0.4 is 16.0 Å². The second-order valence-electron chi connectivity index (χ2n) is 6.73. The van der Waals surface area contributed by atoms with Crippen LogP contribution in [-0.2, 0) is 10.2 Å². The Kier molecular flexibility index (Phi) is 9.84. The van der Waals surface area contributed by atoms with E-state index in [1.54, 1.807) is 30.6 Å². The lowest BCUT2D eigenvalue weighted by Gasteiger charge is -2.26. The highest BCUT2D eigenvalue weighted by atomic mass is 127. The minimum Gasteiger partial charge on any atom is -0.357 e. The van der Waals surface area contributed by atoms with E-state index in [2.05, 4.69) is 25.9 Å². The summed E-state index contributed by atoms with van der Waals surface area (Å²) in [5, 5.41) is 9.07. The van der Waals surface area contributed by atoms with E-state index in [0.29, 0.717) is 24.7 Å². The van der Waals surface area contributed by atoms with Gasteiger partial charge in [-0.1, -0.05) is 26.0 Å². The van der Waals surface area contributed by atoms with E-state index >= 15 is 0 Å². The Morgan fingerprint density at radius 3 is 2.64 bits per heavy atom. The minimum absolute atomic E-state index is 0. The number of hydrogen-bond acceptors (Lipinski definition) is 3. The van der Waals surface area contributed by atoms with Gasteiger partial charge in [0.25, 0.3) is 0 Å². The van der Waals surface area contributed by atoms with Crippen LogP contribution in [0.25, 0.3) is 0 Å². The number of amides is 1. The Hall–Kier alpha value is -2.23. The fourth-order valence-corrected chi connectivity index (χ4v) is 2.45. The molecule has 0 aliphatic carbocycles. The molecule has 0 unspecified atom stereocenters. The summed E-state index contributed by atoms with van der Waals surface area (Å²) in [6.45, 7) is 7.17. The topological polar surface area (TPSA) is 78.4 Å². The van der Waals surface area contributed by atoms with Gasteiger partial charge in [0, 0.05) is 24.7 Å². The van der Waals surface area contributed by atoms with Crippen molar-refractivity contribution in [2.24, 2.45) is 4.99 Å². The summed E-state index contributed by atoms with van der Waals surface area (Å²) >= 11 is 0. The number of anilines is 1. The molecular weight excluding hydrogens is 472 g/mol. The van der Waals surface area contributed by atoms with Crippen LogP contribution in [-0.4, -0.2) is 36.5 Å². The van der Waals surface area contributed by atoms with Crippen LogP contribution >= 0.6 is 24.0 Å². The van der Waals surface area contributed by atoms with Gasteiger partial charge in [-0.05, 0) is 36.8 Å². The molecule has 8 heteroatoms. The molecule has 1 amide bonds. The highest BCUT2D eigenvalue weighted by molar-refractivity contribution is 14.0. The Bertz CT molecular complexity index is 783. The molecule has 0 atom stereocenters. The van der Waals surface area contributed by atoms with E-state index in [4.69, 9.17) is 0 Å². The molecule has 1 aromatic carbocycles. The normalized spacial score (nSPS) is 11.4. The predicted octanol–water partition coefficient (Wildman–Crippen LogP) is 3.31. The molecule has 6 nitrogen and oxygen atoms in total. The molecule has 1 aromatic heterocycles. The number of rotatable bonds is 7. The van der Waals surface area contributed by atoms with E-state index < -0.39 is 0 Å². The van der Waals surface area contributed by atoms with Gasteiger partial charge in [-0.3, -0.25) is 9.78 Å². The smallest absolute Gasteiger partial charge is 0.246 e. The number of nitrogens with one attached hydrogen (secondary N) is 3. The number of aromatic nitrogens is 1. The minimum atomic E-state index is -0.309.